The van der Waals surface area contributed by atoms with E-state index in [9.17, 15) is 18.0 Å². The van der Waals surface area contributed by atoms with Gasteiger partial charge in [-0.15, -0.1) is 0 Å². The minimum Gasteiger partial charge on any atom is -0.361 e. The molecule has 0 radical (unpaired) electrons. The van der Waals surface area contributed by atoms with Crippen molar-refractivity contribution in [2.45, 2.75) is 17.7 Å². The Morgan fingerprint density at radius 3 is 2.59 bits per heavy atom. The molecular weight excluding hydrogens is 456 g/mol. The Kier molecular flexibility index (Phi) is 7.09. The molecule has 1 fully saturated rings. The molecule has 2 heterocycles. The number of benzene rings is 2. The molecule has 1 N–H and O–H groups in total. The van der Waals surface area contributed by atoms with Crippen LogP contribution in [0.4, 0.5) is 0 Å². The first kappa shape index (κ1) is 23.7. The Labute approximate surface area is 198 Å². The van der Waals surface area contributed by atoms with Crippen molar-refractivity contribution in [1.82, 2.24) is 19.7 Å². The van der Waals surface area contributed by atoms with E-state index in [2.05, 4.69) is 10.5 Å². The zero-order valence-corrected chi connectivity index (χ0v) is 19.6. The Hall–Kier alpha value is -3.50. The molecule has 1 aromatic heterocycles. The van der Waals surface area contributed by atoms with Crippen LogP contribution in [0.2, 0.25) is 0 Å². The zero-order valence-electron chi connectivity index (χ0n) is 18.8. The van der Waals surface area contributed by atoms with E-state index in [4.69, 9.17) is 4.52 Å². The first-order valence-corrected chi connectivity index (χ1v) is 12.4. The number of aryl methyl sites for hydroxylation is 1. The second-order valence-corrected chi connectivity index (χ2v) is 10.0. The lowest BCUT2D eigenvalue weighted by Gasteiger charge is -2.26. The molecule has 0 saturated carbocycles. The number of rotatable bonds is 8. The molecule has 2 amide bonds. The van der Waals surface area contributed by atoms with Crippen LogP contribution in [0.25, 0.3) is 11.3 Å². The van der Waals surface area contributed by atoms with E-state index in [1.165, 1.54) is 24.3 Å². The van der Waals surface area contributed by atoms with E-state index in [0.29, 0.717) is 24.9 Å². The minimum absolute atomic E-state index is 0.0564. The molecule has 0 unspecified atom stereocenters. The number of piperazine rings is 1. The average molecular weight is 483 g/mol. The molecule has 9 nitrogen and oxygen atoms in total. The van der Waals surface area contributed by atoms with Crippen molar-refractivity contribution in [1.29, 1.82) is 0 Å². The molecule has 1 aliphatic heterocycles. The van der Waals surface area contributed by atoms with Crippen LogP contribution < -0.4 is 5.32 Å². The molecule has 4 rings (SSSR count). The van der Waals surface area contributed by atoms with Gasteiger partial charge in [0.15, 0.2) is 0 Å². The summed E-state index contributed by atoms with van der Waals surface area (Å²) in [6, 6.07) is 17.5. The van der Waals surface area contributed by atoms with Crippen molar-refractivity contribution in [2.24, 2.45) is 0 Å². The summed E-state index contributed by atoms with van der Waals surface area (Å²) >= 11 is 0. The summed E-state index contributed by atoms with van der Waals surface area (Å²) in [4.78, 5) is 25.9. The van der Waals surface area contributed by atoms with Crippen molar-refractivity contribution in [3.05, 3.63) is 72.0 Å². The maximum Gasteiger partial charge on any atom is 0.253 e. The van der Waals surface area contributed by atoms with Gasteiger partial charge >= 0.3 is 0 Å². The molecular formula is C24H26N4O5S. The van der Waals surface area contributed by atoms with Gasteiger partial charge in [-0.3, -0.25) is 9.59 Å². The molecule has 1 saturated heterocycles. The number of aromatic nitrogens is 1. The number of amides is 2. The monoisotopic (exact) mass is 482 g/mol. The van der Waals surface area contributed by atoms with Gasteiger partial charge in [0.1, 0.15) is 11.5 Å². The number of hydrogen-bond donors (Lipinski definition) is 1. The highest BCUT2D eigenvalue weighted by molar-refractivity contribution is 7.89. The normalized spacial score (nSPS) is 14.6. The molecule has 1 aliphatic rings. The van der Waals surface area contributed by atoms with Crippen LogP contribution >= 0.6 is 0 Å². The molecule has 178 valence electrons. The summed E-state index contributed by atoms with van der Waals surface area (Å²) in [6.45, 7) is 0.795. The van der Waals surface area contributed by atoms with Crippen LogP contribution in [0, 0.1) is 0 Å². The third-order valence-corrected chi connectivity index (χ3v) is 7.49. The van der Waals surface area contributed by atoms with Gasteiger partial charge in [0, 0.05) is 50.3 Å². The maximum absolute atomic E-state index is 12.8. The third kappa shape index (κ3) is 5.35. The van der Waals surface area contributed by atoms with Crippen LogP contribution in [-0.2, 0) is 21.2 Å². The van der Waals surface area contributed by atoms with Crippen LogP contribution in [0.1, 0.15) is 22.5 Å². The Morgan fingerprint density at radius 2 is 1.88 bits per heavy atom. The quantitative estimate of drug-likeness (QED) is 0.527. The molecule has 2 aromatic carbocycles. The van der Waals surface area contributed by atoms with Crippen LogP contribution in [0.5, 0.6) is 0 Å². The van der Waals surface area contributed by atoms with E-state index in [1.807, 2.05) is 36.4 Å². The fourth-order valence-electron chi connectivity index (χ4n) is 3.73. The summed E-state index contributed by atoms with van der Waals surface area (Å²) < 4.78 is 32.1. The van der Waals surface area contributed by atoms with Crippen molar-refractivity contribution >= 4 is 21.8 Å². The molecule has 0 spiro atoms. The lowest BCUT2D eigenvalue weighted by Crippen LogP contribution is -2.49. The molecule has 34 heavy (non-hydrogen) atoms. The van der Waals surface area contributed by atoms with Gasteiger partial charge in [-0.05, 0) is 30.7 Å². The van der Waals surface area contributed by atoms with Crippen molar-refractivity contribution in [2.75, 3.05) is 33.2 Å². The summed E-state index contributed by atoms with van der Waals surface area (Å²) in [5, 5.41) is 6.71. The van der Waals surface area contributed by atoms with E-state index in [1.54, 1.807) is 11.9 Å². The number of hydrogen-bond acceptors (Lipinski definition) is 6. The summed E-state index contributed by atoms with van der Waals surface area (Å²) in [6.07, 6.45) is 1.33. The molecule has 10 heteroatoms. The summed E-state index contributed by atoms with van der Waals surface area (Å²) in [7, 11) is -2.09. The molecule has 0 bridgehead atoms. The lowest BCUT2D eigenvalue weighted by molar-refractivity contribution is -0.122. The summed E-state index contributed by atoms with van der Waals surface area (Å²) in [5.41, 5.74) is 2.16. The van der Waals surface area contributed by atoms with Gasteiger partial charge < -0.3 is 14.7 Å². The predicted octanol–water partition coefficient (Wildman–Crippen LogP) is 2.17. The van der Waals surface area contributed by atoms with Crippen molar-refractivity contribution in [3.8, 4) is 11.3 Å². The highest BCUT2D eigenvalue weighted by Gasteiger charge is 2.29. The lowest BCUT2D eigenvalue weighted by atomic mass is 10.1. The standard InChI is InChI=1S/C24H26N4O5S/c1-27(14-5-8-20-16-22(26-33-20)18-6-3-2-4-7-18)24(30)19-9-11-21(12-10-19)34(31,32)28-15-13-25-23(29)17-28/h2-4,6-7,9-12,16H,5,8,13-15,17H2,1H3,(H,25,29). The molecule has 0 aliphatic carbocycles. The second-order valence-electron chi connectivity index (χ2n) is 8.09. The second kappa shape index (κ2) is 10.2. The zero-order chi connectivity index (χ0) is 24.1. The van der Waals surface area contributed by atoms with Gasteiger partial charge in [-0.2, -0.15) is 4.31 Å². The van der Waals surface area contributed by atoms with Crippen LogP contribution in [0.15, 0.2) is 70.1 Å². The van der Waals surface area contributed by atoms with E-state index in [-0.39, 0.29) is 36.3 Å². The first-order valence-electron chi connectivity index (χ1n) is 11.0. The Balaban J connectivity index is 1.31. The van der Waals surface area contributed by atoms with Crippen molar-refractivity contribution < 1.29 is 22.5 Å². The van der Waals surface area contributed by atoms with Gasteiger partial charge in [0.2, 0.25) is 15.9 Å². The smallest absolute Gasteiger partial charge is 0.253 e. The van der Waals surface area contributed by atoms with Crippen molar-refractivity contribution in [3.63, 3.8) is 0 Å². The number of sulfonamides is 1. The molecule has 3 aromatic rings. The SMILES string of the molecule is CN(CCCc1cc(-c2ccccc2)no1)C(=O)c1ccc(S(=O)(=O)N2CCNC(=O)C2)cc1. The van der Waals surface area contributed by atoms with Crippen LogP contribution in [0.3, 0.4) is 0 Å². The fraction of sp³-hybridized carbons (Fsp3) is 0.292. The third-order valence-electron chi connectivity index (χ3n) is 5.63. The fourth-order valence-corrected chi connectivity index (χ4v) is 5.12. The number of nitrogens with one attached hydrogen (secondary N) is 1. The van der Waals surface area contributed by atoms with E-state index in [0.717, 1.165) is 21.3 Å². The van der Waals surface area contributed by atoms with Gasteiger partial charge in [-0.1, -0.05) is 35.5 Å². The van der Waals surface area contributed by atoms with Gasteiger partial charge in [-0.25, -0.2) is 8.42 Å². The maximum atomic E-state index is 12.8. The number of nitrogens with zero attached hydrogens (tertiary/aromatic N) is 3. The van der Waals surface area contributed by atoms with E-state index < -0.39 is 10.0 Å². The number of carbonyl (C=O) groups is 2. The topological polar surface area (TPSA) is 113 Å². The van der Waals surface area contributed by atoms with E-state index >= 15 is 0 Å². The minimum atomic E-state index is -3.79. The Morgan fingerprint density at radius 1 is 1.15 bits per heavy atom. The Bertz CT molecular complexity index is 1260. The highest BCUT2D eigenvalue weighted by Crippen LogP contribution is 2.20. The summed E-state index contributed by atoms with van der Waals surface area (Å²) in [5.74, 6) is 0.217. The largest absolute Gasteiger partial charge is 0.361 e. The number of carbonyl (C=O) groups excluding carboxylic acids is 2. The predicted molar refractivity (Wildman–Crippen MR) is 125 cm³/mol. The average Bonchev–Trinajstić information content (AvgIpc) is 3.33. The van der Waals surface area contributed by atoms with Gasteiger partial charge in [0.05, 0.1) is 11.4 Å². The highest BCUT2D eigenvalue weighted by atomic mass is 32.2. The van der Waals surface area contributed by atoms with Gasteiger partial charge in [0.25, 0.3) is 5.91 Å². The first-order chi connectivity index (χ1) is 16.3. The van der Waals surface area contributed by atoms with Crippen LogP contribution in [-0.4, -0.2) is 67.8 Å². The molecule has 0 atom stereocenters.